The van der Waals surface area contributed by atoms with E-state index in [2.05, 4.69) is 4.98 Å². The monoisotopic (exact) mass is 358 g/mol. The van der Waals surface area contributed by atoms with Gasteiger partial charge in [0.2, 0.25) is 0 Å². The number of rotatable bonds is 5. The van der Waals surface area contributed by atoms with Crippen molar-refractivity contribution in [2.24, 2.45) is 0 Å². The summed E-state index contributed by atoms with van der Waals surface area (Å²) in [4.78, 5) is 16.0. The quantitative estimate of drug-likeness (QED) is 0.549. The van der Waals surface area contributed by atoms with Gasteiger partial charge in [0.05, 0.1) is 5.56 Å². The lowest BCUT2D eigenvalue weighted by Crippen LogP contribution is -3.00. The lowest BCUT2D eigenvalue weighted by Gasteiger charge is -2.18. The Morgan fingerprint density at radius 2 is 1.72 bits per heavy atom. The van der Waals surface area contributed by atoms with Crippen LogP contribution in [0, 0.1) is 6.92 Å². The van der Waals surface area contributed by atoms with Gasteiger partial charge in [-0.25, -0.2) is 0 Å². The summed E-state index contributed by atoms with van der Waals surface area (Å²) >= 11 is 0. The molecular formula is C20H23ClN2O2. The minimum atomic E-state index is -0.564. The van der Waals surface area contributed by atoms with E-state index >= 15 is 0 Å². The molecule has 25 heavy (non-hydrogen) atoms. The molecular weight excluding hydrogens is 336 g/mol. The molecule has 0 saturated carbocycles. The van der Waals surface area contributed by atoms with Gasteiger partial charge in [-0.05, 0) is 31.5 Å². The fraction of sp³-hybridized carbons (Fsp3) is 0.250. The lowest BCUT2D eigenvalue weighted by atomic mass is 10.0. The minimum Gasteiger partial charge on any atom is -1.00 e. The lowest BCUT2D eigenvalue weighted by molar-refractivity contribution is -0.709. The van der Waals surface area contributed by atoms with E-state index < -0.39 is 6.10 Å². The molecule has 0 aliphatic carbocycles. The van der Waals surface area contributed by atoms with Crippen LogP contribution in [0.1, 0.15) is 29.8 Å². The summed E-state index contributed by atoms with van der Waals surface area (Å²) in [5.41, 5.74) is 3.48. The number of quaternary nitrogens is 1. The third-order valence-corrected chi connectivity index (χ3v) is 4.55. The standard InChI is InChI=1S/C20H22N2O2.ClH/c1-13-17(20(24)16-10-6-7-11-18(16)22-13)12-21-14(2)19(23)15-8-4-3-5-9-15;/h3-11,14,19,21,23H,12H2,1-2H3,(H,22,24);1H. The molecule has 4 N–H and O–H groups in total. The third kappa shape index (κ3) is 4.10. The fourth-order valence-corrected chi connectivity index (χ4v) is 3.03. The van der Waals surface area contributed by atoms with Crippen LogP contribution >= 0.6 is 0 Å². The van der Waals surface area contributed by atoms with Crippen LogP contribution in [0.15, 0.2) is 59.4 Å². The van der Waals surface area contributed by atoms with E-state index in [4.69, 9.17) is 0 Å². The number of aliphatic hydroxyl groups excluding tert-OH is 1. The van der Waals surface area contributed by atoms with Crippen LogP contribution in [-0.4, -0.2) is 16.1 Å². The van der Waals surface area contributed by atoms with Gasteiger partial charge in [0.15, 0.2) is 5.43 Å². The van der Waals surface area contributed by atoms with Crippen molar-refractivity contribution >= 4 is 10.9 Å². The SMILES string of the molecule is Cc1[nH]c2ccccc2c(=O)c1C[NH2+]C(C)C(O)c1ccccc1.[Cl-]. The molecule has 4 nitrogen and oxygen atoms in total. The van der Waals surface area contributed by atoms with Gasteiger partial charge in [0.25, 0.3) is 0 Å². The molecule has 0 aliphatic heterocycles. The van der Waals surface area contributed by atoms with Crippen LogP contribution in [0.4, 0.5) is 0 Å². The molecule has 0 amide bonds. The molecule has 1 heterocycles. The molecule has 0 bridgehead atoms. The average molecular weight is 359 g/mol. The second-order valence-corrected chi connectivity index (χ2v) is 6.26. The van der Waals surface area contributed by atoms with Crippen molar-refractivity contribution in [3.63, 3.8) is 0 Å². The van der Waals surface area contributed by atoms with E-state index in [1.807, 2.05) is 73.8 Å². The molecule has 2 atom stereocenters. The molecule has 3 aromatic rings. The van der Waals surface area contributed by atoms with E-state index in [1.165, 1.54) is 0 Å². The number of nitrogens with two attached hydrogens (primary N) is 1. The Bertz CT molecular complexity index is 893. The zero-order chi connectivity index (χ0) is 17.1. The van der Waals surface area contributed by atoms with Crippen molar-refractivity contribution in [2.45, 2.75) is 32.5 Å². The summed E-state index contributed by atoms with van der Waals surface area (Å²) in [7, 11) is 0. The highest BCUT2D eigenvalue weighted by molar-refractivity contribution is 5.79. The van der Waals surface area contributed by atoms with Crippen molar-refractivity contribution in [1.82, 2.24) is 4.98 Å². The van der Waals surface area contributed by atoms with E-state index in [0.717, 1.165) is 22.3 Å². The molecule has 0 radical (unpaired) electrons. The predicted molar refractivity (Wildman–Crippen MR) is 95.8 cm³/mol. The Morgan fingerprint density at radius 1 is 1.08 bits per heavy atom. The fourth-order valence-electron chi connectivity index (χ4n) is 3.03. The normalized spacial score (nSPS) is 13.2. The number of nitrogens with one attached hydrogen (secondary N) is 1. The van der Waals surface area contributed by atoms with Crippen LogP contribution in [0.2, 0.25) is 0 Å². The number of pyridine rings is 1. The number of benzene rings is 2. The molecule has 0 aliphatic rings. The highest BCUT2D eigenvalue weighted by Gasteiger charge is 2.20. The number of H-pyrrole nitrogens is 1. The largest absolute Gasteiger partial charge is 1.00 e. The Balaban J connectivity index is 0.00000225. The maximum Gasteiger partial charge on any atom is 0.198 e. The molecule has 1 aromatic heterocycles. The molecule has 2 unspecified atom stereocenters. The highest BCUT2D eigenvalue weighted by Crippen LogP contribution is 2.14. The van der Waals surface area contributed by atoms with E-state index in [-0.39, 0.29) is 23.9 Å². The van der Waals surface area contributed by atoms with Gasteiger partial charge in [0.1, 0.15) is 18.7 Å². The average Bonchev–Trinajstić information content (AvgIpc) is 2.61. The van der Waals surface area contributed by atoms with E-state index in [0.29, 0.717) is 11.9 Å². The Hall–Kier alpha value is -2.14. The highest BCUT2D eigenvalue weighted by atomic mass is 35.5. The summed E-state index contributed by atoms with van der Waals surface area (Å²) in [6.45, 7) is 4.44. The first-order chi connectivity index (χ1) is 11.6. The summed E-state index contributed by atoms with van der Waals surface area (Å²) in [5, 5.41) is 13.2. The van der Waals surface area contributed by atoms with Gasteiger partial charge in [-0.15, -0.1) is 0 Å². The summed E-state index contributed by atoms with van der Waals surface area (Å²) < 4.78 is 0. The van der Waals surface area contributed by atoms with Crippen LogP contribution in [-0.2, 0) is 6.54 Å². The molecule has 3 rings (SSSR count). The molecule has 0 fully saturated rings. The van der Waals surface area contributed by atoms with Crippen molar-refractivity contribution in [3.05, 3.63) is 81.6 Å². The smallest absolute Gasteiger partial charge is 0.198 e. The molecule has 132 valence electrons. The number of hydrogen-bond donors (Lipinski definition) is 3. The number of aryl methyl sites for hydroxylation is 1. The van der Waals surface area contributed by atoms with Crippen molar-refractivity contribution in [2.75, 3.05) is 0 Å². The molecule has 2 aromatic carbocycles. The topological polar surface area (TPSA) is 69.7 Å². The van der Waals surface area contributed by atoms with Crippen LogP contribution in [0.25, 0.3) is 10.9 Å². The number of halogens is 1. The van der Waals surface area contributed by atoms with Gasteiger partial charge in [-0.1, -0.05) is 42.5 Å². The Labute approximate surface area is 153 Å². The van der Waals surface area contributed by atoms with Crippen LogP contribution in [0.5, 0.6) is 0 Å². The van der Waals surface area contributed by atoms with Gasteiger partial charge in [-0.3, -0.25) is 4.79 Å². The first kappa shape index (κ1) is 19.2. The van der Waals surface area contributed by atoms with Gasteiger partial charge in [-0.2, -0.15) is 0 Å². The number of aliphatic hydroxyl groups is 1. The molecule has 0 saturated heterocycles. The maximum absolute atomic E-state index is 12.7. The summed E-state index contributed by atoms with van der Waals surface area (Å²) in [6.07, 6.45) is -0.564. The summed E-state index contributed by atoms with van der Waals surface area (Å²) in [5.74, 6) is 0. The van der Waals surface area contributed by atoms with Crippen LogP contribution < -0.4 is 23.2 Å². The Morgan fingerprint density at radius 3 is 2.44 bits per heavy atom. The zero-order valence-corrected chi connectivity index (χ0v) is 15.1. The second kappa shape index (κ2) is 8.30. The predicted octanol–water partition coefficient (Wildman–Crippen LogP) is -0.974. The van der Waals surface area contributed by atoms with Crippen molar-refractivity contribution in [1.29, 1.82) is 0 Å². The Kier molecular flexibility index (Phi) is 6.37. The minimum absolute atomic E-state index is 0. The first-order valence-electron chi connectivity index (χ1n) is 8.24. The number of fused-ring (bicyclic) bond motifs is 1. The number of para-hydroxylation sites is 1. The second-order valence-electron chi connectivity index (χ2n) is 6.26. The van der Waals surface area contributed by atoms with Gasteiger partial charge in [0, 0.05) is 16.6 Å². The number of aromatic amines is 1. The van der Waals surface area contributed by atoms with Crippen LogP contribution in [0.3, 0.4) is 0 Å². The third-order valence-electron chi connectivity index (χ3n) is 4.55. The van der Waals surface area contributed by atoms with Crippen molar-refractivity contribution < 1.29 is 22.8 Å². The molecule has 5 heteroatoms. The van der Waals surface area contributed by atoms with Crippen molar-refractivity contribution in [3.8, 4) is 0 Å². The van der Waals surface area contributed by atoms with E-state index in [1.54, 1.807) is 0 Å². The van der Waals surface area contributed by atoms with Gasteiger partial charge < -0.3 is 27.8 Å². The number of hydrogen-bond acceptors (Lipinski definition) is 2. The molecule has 0 spiro atoms. The maximum atomic E-state index is 12.7. The van der Waals surface area contributed by atoms with E-state index in [9.17, 15) is 9.90 Å². The zero-order valence-electron chi connectivity index (χ0n) is 14.4. The first-order valence-corrected chi connectivity index (χ1v) is 8.24. The number of aromatic nitrogens is 1. The summed E-state index contributed by atoms with van der Waals surface area (Å²) in [6, 6.07) is 17.1. The van der Waals surface area contributed by atoms with Gasteiger partial charge >= 0.3 is 0 Å².